The minimum absolute atomic E-state index is 0.297. The number of hydrogen-bond donors (Lipinski definition) is 0. The van der Waals surface area contributed by atoms with Crippen LogP contribution >= 0.6 is 11.3 Å². The Labute approximate surface area is 255 Å². The third-order valence-corrected chi connectivity index (χ3v) is 9.18. The molecule has 0 saturated carbocycles. The van der Waals surface area contributed by atoms with E-state index in [-0.39, 0.29) is 0 Å². The lowest BCUT2D eigenvalue weighted by molar-refractivity contribution is 0.448. The summed E-state index contributed by atoms with van der Waals surface area (Å²) in [5, 5.41) is 5.26. The van der Waals surface area contributed by atoms with Crippen LogP contribution in [0.2, 0.25) is 0 Å². The molecule has 0 radical (unpaired) electrons. The zero-order valence-corrected chi connectivity index (χ0v) is 24.0. The third kappa shape index (κ3) is 4.72. The predicted molar refractivity (Wildman–Crippen MR) is 176 cm³/mol. The van der Waals surface area contributed by atoms with E-state index in [0.717, 1.165) is 72.0 Å². The molecular formula is C39H22F3NS. The summed E-state index contributed by atoms with van der Waals surface area (Å²) >= 11 is 1.71. The van der Waals surface area contributed by atoms with Crippen molar-refractivity contribution in [3.05, 3.63) is 151 Å². The van der Waals surface area contributed by atoms with Gasteiger partial charge >= 0.3 is 0 Å². The van der Waals surface area contributed by atoms with Gasteiger partial charge in [0.15, 0.2) is 17.5 Å². The van der Waals surface area contributed by atoms with Crippen molar-refractivity contribution in [3.63, 3.8) is 0 Å². The number of fused-ring (bicyclic) bond motifs is 3. The van der Waals surface area contributed by atoms with Gasteiger partial charge in [-0.3, -0.25) is 0 Å². The molecule has 210 valence electrons. The van der Waals surface area contributed by atoms with Gasteiger partial charge in [-0.2, -0.15) is 0 Å². The van der Waals surface area contributed by atoms with Gasteiger partial charge in [-0.1, -0.05) is 84.9 Å². The number of aromatic nitrogens is 1. The molecule has 1 heterocycles. The van der Waals surface area contributed by atoms with Gasteiger partial charge in [-0.05, 0) is 103 Å². The summed E-state index contributed by atoms with van der Waals surface area (Å²) in [6.07, 6.45) is 0. The van der Waals surface area contributed by atoms with Gasteiger partial charge in [0.25, 0.3) is 0 Å². The molecule has 0 spiro atoms. The van der Waals surface area contributed by atoms with Crippen molar-refractivity contribution >= 4 is 43.1 Å². The highest BCUT2D eigenvalue weighted by molar-refractivity contribution is 7.21. The standard InChI is InChI=1S/C39H22F3NS/c40-34-21-33(22-35(41)38(34)42)32-16-15-30-19-29(13-14-31(30)20-32)28-12-11-26-17-25(9-10-27(26)18-28)23-5-7-24(8-6-23)39-43-36-3-1-2-4-37(36)44-39/h1-22H. The maximum absolute atomic E-state index is 13.8. The maximum atomic E-state index is 13.8. The Balaban J connectivity index is 1.06. The van der Waals surface area contributed by atoms with E-state index in [1.54, 1.807) is 17.4 Å². The second-order valence-corrected chi connectivity index (χ2v) is 11.9. The van der Waals surface area contributed by atoms with Crippen molar-refractivity contribution in [2.24, 2.45) is 0 Å². The number of rotatable bonds is 4. The van der Waals surface area contributed by atoms with Crippen molar-refractivity contribution in [1.82, 2.24) is 4.98 Å². The molecule has 8 aromatic rings. The molecule has 8 rings (SSSR count). The average Bonchev–Trinajstić information content (AvgIpc) is 3.51. The minimum Gasteiger partial charge on any atom is -0.236 e. The predicted octanol–water partition coefficient (Wildman–Crippen LogP) is 11.7. The number of nitrogens with zero attached hydrogens (tertiary/aromatic N) is 1. The number of halogens is 3. The molecule has 0 unspecified atom stereocenters. The first-order valence-electron chi connectivity index (χ1n) is 14.2. The van der Waals surface area contributed by atoms with Gasteiger partial charge < -0.3 is 0 Å². The Morgan fingerprint density at radius 2 is 0.841 bits per heavy atom. The molecule has 44 heavy (non-hydrogen) atoms. The number of thiazole rings is 1. The summed E-state index contributed by atoms with van der Waals surface area (Å²) in [7, 11) is 0. The van der Waals surface area contributed by atoms with Crippen LogP contribution in [0.1, 0.15) is 0 Å². The Hall–Kier alpha value is -5.26. The largest absolute Gasteiger partial charge is 0.236 e. The van der Waals surface area contributed by atoms with Gasteiger partial charge in [-0.15, -0.1) is 11.3 Å². The molecule has 1 nitrogen and oxygen atoms in total. The van der Waals surface area contributed by atoms with E-state index in [0.29, 0.717) is 11.1 Å². The molecule has 1 aromatic heterocycles. The summed E-state index contributed by atoms with van der Waals surface area (Å²) in [6.45, 7) is 0. The lowest BCUT2D eigenvalue weighted by Crippen LogP contribution is -1.92. The van der Waals surface area contributed by atoms with Crippen LogP contribution in [0.3, 0.4) is 0 Å². The molecule has 7 aromatic carbocycles. The van der Waals surface area contributed by atoms with E-state index in [2.05, 4.69) is 72.8 Å². The number of para-hydroxylation sites is 1. The quantitative estimate of drug-likeness (QED) is 0.185. The minimum atomic E-state index is -1.46. The fraction of sp³-hybridized carbons (Fsp3) is 0. The molecule has 0 fully saturated rings. The summed E-state index contributed by atoms with van der Waals surface area (Å²) in [5.74, 6) is -3.85. The molecule has 5 heteroatoms. The van der Waals surface area contributed by atoms with Crippen LogP contribution in [0.15, 0.2) is 133 Å². The van der Waals surface area contributed by atoms with Crippen LogP contribution < -0.4 is 0 Å². The highest BCUT2D eigenvalue weighted by Crippen LogP contribution is 2.34. The van der Waals surface area contributed by atoms with Crippen LogP contribution in [0.5, 0.6) is 0 Å². The van der Waals surface area contributed by atoms with Crippen molar-refractivity contribution < 1.29 is 13.2 Å². The Bertz CT molecular complexity index is 2320. The highest BCUT2D eigenvalue weighted by Gasteiger charge is 2.13. The molecular weight excluding hydrogens is 571 g/mol. The summed E-state index contributed by atoms with van der Waals surface area (Å²) in [4.78, 5) is 4.78. The van der Waals surface area contributed by atoms with Gasteiger partial charge in [0.2, 0.25) is 0 Å². The smallest absolute Gasteiger partial charge is 0.194 e. The van der Waals surface area contributed by atoms with Gasteiger partial charge in [-0.25, -0.2) is 18.2 Å². The van der Waals surface area contributed by atoms with Crippen LogP contribution in [-0.4, -0.2) is 4.98 Å². The molecule has 0 amide bonds. The Kier molecular flexibility index (Phi) is 6.28. The van der Waals surface area contributed by atoms with E-state index in [1.165, 1.54) is 4.70 Å². The van der Waals surface area contributed by atoms with Crippen LogP contribution in [-0.2, 0) is 0 Å². The van der Waals surface area contributed by atoms with Crippen molar-refractivity contribution in [2.45, 2.75) is 0 Å². The summed E-state index contributed by atoms with van der Waals surface area (Å²) < 4.78 is 42.2. The van der Waals surface area contributed by atoms with E-state index in [4.69, 9.17) is 4.98 Å². The van der Waals surface area contributed by atoms with E-state index < -0.39 is 17.5 Å². The molecule has 0 N–H and O–H groups in total. The first-order valence-corrected chi connectivity index (χ1v) is 15.0. The van der Waals surface area contributed by atoms with Gasteiger partial charge in [0.05, 0.1) is 10.2 Å². The van der Waals surface area contributed by atoms with Crippen molar-refractivity contribution in [2.75, 3.05) is 0 Å². The van der Waals surface area contributed by atoms with Crippen LogP contribution in [0.4, 0.5) is 13.2 Å². The lowest BCUT2D eigenvalue weighted by atomic mass is 9.95. The monoisotopic (exact) mass is 593 g/mol. The van der Waals surface area contributed by atoms with Crippen molar-refractivity contribution in [1.29, 1.82) is 0 Å². The van der Waals surface area contributed by atoms with Gasteiger partial charge in [0.1, 0.15) is 5.01 Å². The van der Waals surface area contributed by atoms with Crippen molar-refractivity contribution in [3.8, 4) is 44.0 Å². The molecule has 0 aliphatic rings. The number of hydrogen-bond acceptors (Lipinski definition) is 2. The Morgan fingerprint density at radius 1 is 0.409 bits per heavy atom. The summed E-state index contributed by atoms with van der Waals surface area (Å²) in [6, 6.07) is 43.5. The molecule has 0 bridgehead atoms. The second-order valence-electron chi connectivity index (χ2n) is 10.9. The van der Waals surface area contributed by atoms with Gasteiger partial charge in [0, 0.05) is 5.56 Å². The normalized spacial score (nSPS) is 11.5. The molecule has 0 saturated heterocycles. The lowest BCUT2D eigenvalue weighted by Gasteiger charge is -2.10. The fourth-order valence-electron chi connectivity index (χ4n) is 5.73. The first kappa shape index (κ1) is 26.4. The molecule has 0 atom stereocenters. The second kappa shape index (κ2) is 10.5. The topological polar surface area (TPSA) is 12.9 Å². The SMILES string of the molecule is Fc1cc(-c2ccc3cc(-c4ccc5cc(-c6ccc(-c7nc8ccccc8s7)cc6)ccc5c4)ccc3c2)cc(F)c1F. The molecule has 0 aliphatic heterocycles. The zero-order chi connectivity index (χ0) is 29.8. The van der Waals surface area contributed by atoms with Crippen LogP contribution in [0.25, 0.3) is 75.7 Å². The average molecular weight is 594 g/mol. The summed E-state index contributed by atoms with van der Waals surface area (Å²) in [5.41, 5.74) is 7.54. The highest BCUT2D eigenvalue weighted by atomic mass is 32.1. The van der Waals surface area contributed by atoms with Crippen LogP contribution in [0, 0.1) is 17.5 Å². The maximum Gasteiger partial charge on any atom is 0.194 e. The van der Waals surface area contributed by atoms with E-state index in [9.17, 15) is 13.2 Å². The zero-order valence-electron chi connectivity index (χ0n) is 23.2. The number of benzene rings is 7. The first-order chi connectivity index (χ1) is 21.5. The third-order valence-electron chi connectivity index (χ3n) is 8.09. The van der Waals surface area contributed by atoms with E-state index >= 15 is 0 Å². The fourth-order valence-corrected chi connectivity index (χ4v) is 6.70. The molecule has 0 aliphatic carbocycles. The van der Waals surface area contributed by atoms with E-state index in [1.807, 2.05) is 42.5 Å². The Morgan fingerprint density at radius 3 is 1.36 bits per heavy atom.